The average molecular weight is 456 g/mol. The van der Waals surface area contributed by atoms with E-state index in [-0.39, 0.29) is 16.9 Å². The third-order valence-electron chi connectivity index (χ3n) is 4.35. The molecule has 0 atom stereocenters. The highest BCUT2D eigenvalue weighted by Gasteiger charge is 2.40. The van der Waals surface area contributed by atoms with Crippen molar-refractivity contribution in [2.24, 2.45) is 7.05 Å². The van der Waals surface area contributed by atoms with Crippen molar-refractivity contribution in [3.8, 4) is 16.9 Å². The molecule has 0 spiro atoms. The molecule has 1 aromatic heterocycles. The van der Waals surface area contributed by atoms with Crippen LogP contribution in [0.15, 0.2) is 52.1 Å². The molecule has 31 heavy (non-hydrogen) atoms. The molecule has 8 nitrogen and oxygen atoms in total. The highest BCUT2D eigenvalue weighted by Crippen LogP contribution is 2.38. The van der Waals surface area contributed by atoms with Gasteiger partial charge >= 0.3 is 11.9 Å². The van der Waals surface area contributed by atoms with Gasteiger partial charge < -0.3 is 4.74 Å². The van der Waals surface area contributed by atoms with Gasteiger partial charge in [-0.15, -0.1) is 0 Å². The lowest BCUT2D eigenvalue weighted by molar-refractivity contribution is -0.384. The molecular weight excluding hydrogens is 443 g/mol. The zero-order valence-corrected chi connectivity index (χ0v) is 16.5. The molecule has 0 fully saturated rings. The maximum atomic E-state index is 13.6. The number of alkyl halides is 3. The smallest absolute Gasteiger partial charge is 0.432 e. The average Bonchev–Trinajstić information content (AvgIpc) is 2.69. The number of nitro benzene ring substituents is 1. The van der Waals surface area contributed by atoms with Gasteiger partial charge in [-0.3, -0.25) is 24.5 Å². The van der Waals surface area contributed by atoms with E-state index in [4.69, 9.17) is 16.3 Å². The van der Waals surface area contributed by atoms with Gasteiger partial charge in [0.2, 0.25) is 0 Å². The number of benzene rings is 2. The minimum Gasteiger partial charge on any atom is -0.489 e. The van der Waals surface area contributed by atoms with Crippen molar-refractivity contribution >= 4 is 17.3 Å². The van der Waals surface area contributed by atoms with Crippen LogP contribution in [0.1, 0.15) is 11.3 Å². The SMILES string of the molecule is Cn1c(C(F)(F)F)c(-c2ccc(OCc3ccc(Cl)cc3)cc2[N+](=O)[O-])c(=O)[nH]c1=O. The van der Waals surface area contributed by atoms with Crippen LogP contribution in [0.5, 0.6) is 5.75 Å². The monoisotopic (exact) mass is 455 g/mol. The molecule has 0 bridgehead atoms. The number of ether oxygens (including phenoxy) is 1. The number of H-pyrrole nitrogens is 1. The summed E-state index contributed by atoms with van der Waals surface area (Å²) >= 11 is 5.79. The van der Waals surface area contributed by atoms with Crippen LogP contribution in [0.2, 0.25) is 5.02 Å². The Hall–Kier alpha value is -3.60. The Morgan fingerprint density at radius 1 is 1.16 bits per heavy atom. The molecule has 0 amide bonds. The second-order valence-corrected chi connectivity index (χ2v) is 6.83. The molecule has 162 valence electrons. The summed E-state index contributed by atoms with van der Waals surface area (Å²) in [5, 5.41) is 12.1. The van der Waals surface area contributed by atoms with Gasteiger partial charge in [0.25, 0.3) is 11.2 Å². The molecule has 1 N–H and O–H groups in total. The van der Waals surface area contributed by atoms with Crippen LogP contribution in [-0.2, 0) is 19.8 Å². The number of rotatable bonds is 5. The van der Waals surface area contributed by atoms with Crippen molar-refractivity contribution in [1.82, 2.24) is 9.55 Å². The maximum Gasteiger partial charge on any atom is 0.432 e. The highest BCUT2D eigenvalue weighted by atomic mass is 35.5. The van der Waals surface area contributed by atoms with E-state index in [0.29, 0.717) is 10.6 Å². The first-order valence-electron chi connectivity index (χ1n) is 8.55. The number of hydrogen-bond donors (Lipinski definition) is 1. The number of halogens is 4. The third-order valence-corrected chi connectivity index (χ3v) is 4.60. The number of nitro groups is 1. The summed E-state index contributed by atoms with van der Waals surface area (Å²) in [6.45, 7) is 0.0158. The molecule has 0 unspecified atom stereocenters. The van der Waals surface area contributed by atoms with E-state index in [1.807, 2.05) is 0 Å². The molecule has 0 aliphatic carbocycles. The standard InChI is InChI=1S/C19H13ClF3N3O5/c1-25-16(19(21,22)23)15(17(27)24-18(25)28)13-7-6-12(8-14(13)26(29)30)31-9-10-2-4-11(20)5-3-10/h2-8H,9H2,1H3,(H,24,27,28). The quantitative estimate of drug-likeness (QED) is 0.464. The summed E-state index contributed by atoms with van der Waals surface area (Å²) in [5.74, 6) is 0.000192. The molecule has 12 heteroatoms. The molecule has 0 radical (unpaired) electrons. The van der Waals surface area contributed by atoms with Gasteiger partial charge in [0.05, 0.1) is 22.1 Å². The van der Waals surface area contributed by atoms with Crippen LogP contribution in [0.4, 0.5) is 18.9 Å². The van der Waals surface area contributed by atoms with Crippen LogP contribution < -0.4 is 16.0 Å². The lowest BCUT2D eigenvalue weighted by atomic mass is 10.0. The van der Waals surface area contributed by atoms with E-state index < -0.39 is 44.9 Å². The zero-order chi connectivity index (χ0) is 22.9. The van der Waals surface area contributed by atoms with E-state index >= 15 is 0 Å². The van der Waals surface area contributed by atoms with E-state index in [1.54, 1.807) is 29.2 Å². The molecule has 0 saturated carbocycles. The number of aromatic amines is 1. The molecule has 0 saturated heterocycles. The minimum atomic E-state index is -5.12. The summed E-state index contributed by atoms with van der Waals surface area (Å²) in [6.07, 6.45) is -5.12. The van der Waals surface area contributed by atoms with Crippen molar-refractivity contribution in [2.75, 3.05) is 0 Å². The first kappa shape index (κ1) is 22.1. The number of nitrogens with zero attached hydrogens (tertiary/aromatic N) is 2. The summed E-state index contributed by atoms with van der Waals surface area (Å²) in [4.78, 5) is 36.2. The second kappa shape index (κ2) is 8.26. The molecule has 3 aromatic rings. The molecule has 2 aromatic carbocycles. The van der Waals surface area contributed by atoms with Gasteiger partial charge in [0.1, 0.15) is 18.1 Å². The van der Waals surface area contributed by atoms with Crippen molar-refractivity contribution in [3.63, 3.8) is 0 Å². The van der Waals surface area contributed by atoms with Crippen LogP contribution >= 0.6 is 11.6 Å². The van der Waals surface area contributed by atoms with Crippen LogP contribution in [-0.4, -0.2) is 14.5 Å². The summed E-state index contributed by atoms with van der Waals surface area (Å²) in [5.41, 5.74) is -6.02. The number of nitrogens with one attached hydrogen (secondary N) is 1. The van der Waals surface area contributed by atoms with Gasteiger partial charge in [-0.05, 0) is 29.8 Å². The minimum absolute atomic E-state index is 0.000192. The van der Waals surface area contributed by atoms with E-state index in [2.05, 4.69) is 0 Å². The Labute approximate surface area is 176 Å². The van der Waals surface area contributed by atoms with Crippen molar-refractivity contribution < 1.29 is 22.8 Å². The van der Waals surface area contributed by atoms with Gasteiger partial charge in [0, 0.05) is 12.1 Å². The Bertz CT molecular complexity index is 1270. The maximum absolute atomic E-state index is 13.6. The van der Waals surface area contributed by atoms with Crippen LogP contribution in [0.25, 0.3) is 11.1 Å². The summed E-state index contributed by atoms with van der Waals surface area (Å²) in [6, 6.07) is 9.67. The third kappa shape index (κ3) is 4.61. The van der Waals surface area contributed by atoms with Crippen LogP contribution in [0.3, 0.4) is 0 Å². The van der Waals surface area contributed by atoms with Gasteiger partial charge in [-0.2, -0.15) is 13.2 Å². The lowest BCUT2D eigenvalue weighted by Crippen LogP contribution is -2.35. The van der Waals surface area contributed by atoms with Gasteiger partial charge in [0.15, 0.2) is 0 Å². The van der Waals surface area contributed by atoms with Gasteiger partial charge in [-0.25, -0.2) is 4.79 Å². The summed E-state index contributed by atoms with van der Waals surface area (Å²) in [7, 11) is 0.806. The lowest BCUT2D eigenvalue weighted by Gasteiger charge is -2.16. The molecule has 3 rings (SSSR count). The molecule has 1 heterocycles. The fourth-order valence-corrected chi connectivity index (χ4v) is 3.04. The van der Waals surface area contributed by atoms with Crippen molar-refractivity contribution in [1.29, 1.82) is 0 Å². The Balaban J connectivity index is 2.10. The summed E-state index contributed by atoms with van der Waals surface area (Å²) < 4.78 is 46.4. The Kier molecular flexibility index (Phi) is 5.89. The second-order valence-electron chi connectivity index (χ2n) is 6.39. The first-order valence-corrected chi connectivity index (χ1v) is 8.93. The molecule has 0 aliphatic rings. The number of hydrogen-bond acceptors (Lipinski definition) is 5. The Morgan fingerprint density at radius 2 is 1.81 bits per heavy atom. The fourth-order valence-electron chi connectivity index (χ4n) is 2.91. The van der Waals surface area contributed by atoms with Crippen molar-refractivity contribution in [2.45, 2.75) is 12.8 Å². The first-order chi connectivity index (χ1) is 14.5. The fraction of sp³-hybridized carbons (Fsp3) is 0.158. The normalized spacial score (nSPS) is 11.4. The predicted molar refractivity (Wildman–Crippen MR) is 105 cm³/mol. The van der Waals surface area contributed by atoms with Crippen LogP contribution in [0, 0.1) is 10.1 Å². The van der Waals surface area contributed by atoms with E-state index in [1.165, 1.54) is 6.07 Å². The molecular formula is C19H13ClF3N3O5. The van der Waals surface area contributed by atoms with Gasteiger partial charge in [-0.1, -0.05) is 23.7 Å². The number of aromatic nitrogens is 2. The largest absolute Gasteiger partial charge is 0.489 e. The zero-order valence-electron chi connectivity index (χ0n) is 15.7. The Morgan fingerprint density at radius 3 is 2.39 bits per heavy atom. The predicted octanol–water partition coefficient (Wildman–Crippen LogP) is 3.90. The topological polar surface area (TPSA) is 107 Å². The van der Waals surface area contributed by atoms with Crippen molar-refractivity contribution in [3.05, 3.63) is 89.7 Å². The van der Waals surface area contributed by atoms with E-state index in [9.17, 15) is 32.9 Å². The highest BCUT2D eigenvalue weighted by molar-refractivity contribution is 6.30. The van der Waals surface area contributed by atoms with E-state index in [0.717, 1.165) is 19.2 Å². The molecule has 0 aliphatic heterocycles.